The Morgan fingerprint density at radius 2 is 1.52 bits per heavy atom. The summed E-state index contributed by atoms with van der Waals surface area (Å²) >= 11 is -0.805. The summed E-state index contributed by atoms with van der Waals surface area (Å²) in [7, 11) is 0. The molecule has 0 spiro atoms. The molecule has 0 unspecified atom stereocenters. The molecule has 2 aromatic heterocycles. The van der Waals surface area contributed by atoms with E-state index in [1.54, 1.807) is 0 Å². The zero-order valence-electron chi connectivity index (χ0n) is 13.9. The normalized spacial score (nSPS) is 12.6. The van der Waals surface area contributed by atoms with Gasteiger partial charge in [-0.1, -0.05) is 0 Å². The quantitative estimate of drug-likeness (QED) is 0.269. The van der Waals surface area contributed by atoms with Gasteiger partial charge in [-0.15, -0.1) is 0 Å². The summed E-state index contributed by atoms with van der Waals surface area (Å²) in [5.41, 5.74) is 2.16. The molecular weight excluding hydrogens is 418 g/mol. The van der Waals surface area contributed by atoms with E-state index in [0.29, 0.717) is 15.7 Å². The van der Waals surface area contributed by atoms with Crippen LogP contribution in [0.4, 0.5) is 13.2 Å². The van der Waals surface area contributed by atoms with Crippen molar-refractivity contribution in [3.63, 3.8) is 0 Å². The average Bonchev–Trinajstić information content (AvgIpc) is 3.04. The van der Waals surface area contributed by atoms with Crippen LogP contribution in [0, 0.1) is 0 Å². The molecule has 0 saturated carbocycles. The Hall–Kier alpha value is -2.56. The number of benzene rings is 3. The first kappa shape index (κ1) is 16.6. The number of hydrogen-bond acceptors (Lipinski definition) is 2. The minimum absolute atomic E-state index is 0.510. The molecule has 0 bridgehead atoms. The van der Waals surface area contributed by atoms with Crippen molar-refractivity contribution in [2.45, 2.75) is 11.5 Å². The van der Waals surface area contributed by atoms with Crippen LogP contribution >= 0.6 is 0 Å². The fraction of sp³-hybridized carbons (Fsp3) is 0.0952. The molecule has 0 amide bonds. The number of alkyl halides is 3. The number of furan rings is 1. The number of nitrogens with zero attached hydrogens (tertiary/aromatic N) is 1. The Kier molecular flexibility index (Phi) is 3.67. The summed E-state index contributed by atoms with van der Waals surface area (Å²) in [5.74, 6) is 0. The zero-order valence-corrected chi connectivity index (χ0v) is 15.6. The number of rotatable bonds is 2. The van der Waals surface area contributed by atoms with E-state index in [1.807, 2.05) is 60.7 Å². The first-order chi connectivity index (χ1) is 13.0. The van der Waals surface area contributed by atoms with Crippen molar-refractivity contribution in [3.05, 3.63) is 60.7 Å². The number of para-hydroxylation sites is 2. The Labute approximate surface area is 158 Å². The Balaban J connectivity index is 1.90. The topological polar surface area (TPSA) is 26.0 Å². The van der Waals surface area contributed by atoms with E-state index >= 15 is 0 Å². The molecule has 6 heteroatoms. The number of fused-ring (bicyclic) bond motifs is 7. The third-order valence-electron chi connectivity index (χ3n) is 4.55. The zero-order chi connectivity index (χ0) is 18.6. The summed E-state index contributed by atoms with van der Waals surface area (Å²) < 4.78 is 45.1. The molecule has 5 aromatic rings. The maximum absolute atomic E-state index is 12.8. The van der Waals surface area contributed by atoms with Gasteiger partial charge in [-0.25, -0.2) is 0 Å². The van der Waals surface area contributed by atoms with Crippen LogP contribution in [0.25, 0.3) is 43.6 Å². The van der Waals surface area contributed by atoms with Gasteiger partial charge in [0, 0.05) is 0 Å². The van der Waals surface area contributed by atoms with Gasteiger partial charge in [-0.3, -0.25) is 0 Å². The molecule has 134 valence electrons. The fourth-order valence-electron chi connectivity index (χ4n) is 3.45. The molecule has 0 fully saturated rings. The Bertz CT molecular complexity index is 1320. The van der Waals surface area contributed by atoms with Crippen LogP contribution in [0.3, 0.4) is 0 Å². The molecule has 2 nitrogen and oxygen atoms in total. The molecule has 0 aliphatic rings. The van der Waals surface area contributed by atoms with Gasteiger partial charge in [0.2, 0.25) is 0 Å². The van der Waals surface area contributed by atoms with Crippen molar-refractivity contribution in [2.24, 2.45) is 0 Å². The second kappa shape index (κ2) is 5.98. The van der Waals surface area contributed by atoms with E-state index in [4.69, 9.17) is 4.42 Å². The first-order valence-corrected chi connectivity index (χ1v) is 10.4. The van der Waals surface area contributed by atoms with Gasteiger partial charge < -0.3 is 0 Å². The summed E-state index contributed by atoms with van der Waals surface area (Å²) in [6.07, 6.45) is -4.19. The predicted octanol–water partition coefficient (Wildman–Crippen LogP) is 5.60. The number of halogens is 3. The third kappa shape index (κ3) is 2.76. The van der Waals surface area contributed by atoms with E-state index in [2.05, 4.69) is 4.98 Å². The Morgan fingerprint density at radius 1 is 0.815 bits per heavy atom. The van der Waals surface area contributed by atoms with Crippen LogP contribution in [-0.2, 0) is 0 Å². The van der Waals surface area contributed by atoms with Gasteiger partial charge in [-0.05, 0) is 0 Å². The Morgan fingerprint density at radius 3 is 2.33 bits per heavy atom. The molecular formula is C21H12F3NOSe. The molecule has 3 aromatic carbocycles. The van der Waals surface area contributed by atoms with Crippen molar-refractivity contribution in [1.29, 1.82) is 0 Å². The van der Waals surface area contributed by atoms with E-state index < -0.39 is 26.5 Å². The fourth-order valence-corrected chi connectivity index (χ4v) is 5.10. The van der Waals surface area contributed by atoms with Crippen LogP contribution in [0.2, 0.25) is 5.32 Å². The first-order valence-electron chi connectivity index (χ1n) is 8.33. The van der Waals surface area contributed by atoms with Crippen LogP contribution in [0.15, 0.2) is 65.1 Å². The summed E-state index contributed by atoms with van der Waals surface area (Å²) in [4.78, 5) is 4.55. The van der Waals surface area contributed by atoms with Crippen LogP contribution in [0.1, 0.15) is 0 Å². The van der Waals surface area contributed by atoms with E-state index in [0.717, 1.165) is 32.5 Å². The van der Waals surface area contributed by atoms with Gasteiger partial charge >= 0.3 is 158 Å². The van der Waals surface area contributed by atoms with Crippen molar-refractivity contribution < 1.29 is 17.6 Å². The molecule has 0 saturated heterocycles. The molecule has 0 atom stereocenters. The maximum atomic E-state index is 12.8. The predicted molar refractivity (Wildman–Crippen MR) is 103 cm³/mol. The summed E-state index contributed by atoms with van der Waals surface area (Å²) in [6, 6.07) is 19.1. The van der Waals surface area contributed by atoms with Crippen molar-refractivity contribution in [1.82, 2.24) is 4.98 Å². The number of hydrogen-bond donors (Lipinski definition) is 0. The van der Waals surface area contributed by atoms with Crippen molar-refractivity contribution >= 4 is 63.2 Å². The summed E-state index contributed by atoms with van der Waals surface area (Å²) in [5, 5.41) is 3.60. The van der Waals surface area contributed by atoms with E-state index in [1.165, 1.54) is 0 Å². The van der Waals surface area contributed by atoms with Gasteiger partial charge in [0.25, 0.3) is 0 Å². The van der Waals surface area contributed by atoms with Crippen molar-refractivity contribution in [2.75, 3.05) is 0 Å². The number of pyridine rings is 1. The van der Waals surface area contributed by atoms with Gasteiger partial charge in [0.05, 0.1) is 0 Å². The molecule has 0 aliphatic carbocycles. The van der Waals surface area contributed by atoms with Gasteiger partial charge in [0.1, 0.15) is 0 Å². The van der Waals surface area contributed by atoms with Crippen LogP contribution < -0.4 is 4.59 Å². The van der Waals surface area contributed by atoms with E-state index in [-0.39, 0.29) is 0 Å². The molecule has 0 radical (unpaired) electrons. The molecule has 27 heavy (non-hydrogen) atoms. The number of aromatic nitrogens is 1. The van der Waals surface area contributed by atoms with Gasteiger partial charge in [0.15, 0.2) is 0 Å². The van der Waals surface area contributed by atoms with Crippen molar-refractivity contribution in [3.8, 4) is 0 Å². The monoisotopic (exact) mass is 431 g/mol. The molecule has 2 heterocycles. The third-order valence-corrected chi connectivity index (χ3v) is 6.76. The van der Waals surface area contributed by atoms with Gasteiger partial charge in [-0.2, -0.15) is 0 Å². The molecule has 0 N–H and O–H groups in total. The second-order valence-corrected chi connectivity index (χ2v) is 8.32. The minimum atomic E-state index is -4.19. The SMILES string of the molecule is FC(F)(F)C[Se]c1nc2ccccc2c2c1ccc1c3ccccc3oc12. The second-order valence-electron chi connectivity index (χ2n) is 6.30. The van der Waals surface area contributed by atoms with Crippen LogP contribution in [0.5, 0.6) is 0 Å². The molecule has 0 aliphatic heterocycles. The standard InChI is InChI=1S/C21H12F3NOSe/c22-21(23,24)11-27-20-15-10-9-13-12-5-2-4-8-17(12)26-19(13)18(15)14-6-1-3-7-16(14)25-20/h1-10H,11H2. The van der Waals surface area contributed by atoms with Crippen LogP contribution in [-0.4, -0.2) is 26.1 Å². The average molecular weight is 430 g/mol. The van der Waals surface area contributed by atoms with E-state index in [9.17, 15) is 13.2 Å². The molecule has 5 rings (SSSR count). The summed E-state index contributed by atoms with van der Waals surface area (Å²) in [6.45, 7) is 0.